The summed E-state index contributed by atoms with van der Waals surface area (Å²) in [6.45, 7) is 0. The van der Waals surface area contributed by atoms with Gasteiger partial charge in [0.2, 0.25) is 0 Å². The third kappa shape index (κ3) is 2.30. The summed E-state index contributed by atoms with van der Waals surface area (Å²) in [5.74, 6) is 0.793. The maximum atomic E-state index is 12.7. The van der Waals surface area contributed by atoms with Crippen LogP contribution in [0.2, 0.25) is 0 Å². The van der Waals surface area contributed by atoms with Gasteiger partial charge in [0.25, 0.3) is 5.91 Å². The Morgan fingerprint density at radius 1 is 1.12 bits per heavy atom. The fourth-order valence-electron chi connectivity index (χ4n) is 3.40. The van der Waals surface area contributed by atoms with Crippen LogP contribution in [0.1, 0.15) is 23.2 Å². The van der Waals surface area contributed by atoms with Crippen molar-refractivity contribution in [2.75, 3.05) is 29.2 Å². The number of hydrogen-bond donors (Lipinski definition) is 2. The van der Waals surface area contributed by atoms with Crippen LogP contribution in [0.3, 0.4) is 0 Å². The molecule has 0 radical (unpaired) electrons. The Morgan fingerprint density at radius 3 is 2.62 bits per heavy atom. The number of aromatic nitrogens is 1. The van der Waals surface area contributed by atoms with Gasteiger partial charge in [-0.25, -0.2) is 4.98 Å². The zero-order valence-electron chi connectivity index (χ0n) is 13.9. The second-order valence-corrected chi connectivity index (χ2v) is 6.57. The van der Waals surface area contributed by atoms with E-state index in [4.69, 9.17) is 5.73 Å². The Hall–Kier alpha value is -2.60. The lowest BCUT2D eigenvalue weighted by molar-refractivity contribution is 0.0994. The molecule has 6 heteroatoms. The minimum absolute atomic E-state index is 0.0244. The fourth-order valence-corrected chi connectivity index (χ4v) is 3.40. The van der Waals surface area contributed by atoms with Crippen LogP contribution < -0.4 is 20.9 Å². The summed E-state index contributed by atoms with van der Waals surface area (Å²) in [6, 6.07) is 10.3. The molecule has 24 heavy (non-hydrogen) atoms. The van der Waals surface area contributed by atoms with E-state index in [9.17, 15) is 4.79 Å². The van der Waals surface area contributed by atoms with E-state index in [1.807, 2.05) is 42.3 Å². The molecule has 124 valence electrons. The van der Waals surface area contributed by atoms with E-state index in [0.29, 0.717) is 17.6 Å². The first-order valence-corrected chi connectivity index (χ1v) is 8.17. The summed E-state index contributed by atoms with van der Waals surface area (Å²) in [4.78, 5) is 20.9. The Kier molecular flexibility index (Phi) is 3.42. The summed E-state index contributed by atoms with van der Waals surface area (Å²) < 4.78 is 0. The van der Waals surface area contributed by atoms with Crippen molar-refractivity contribution in [1.82, 2.24) is 4.98 Å². The van der Waals surface area contributed by atoms with Gasteiger partial charge in [-0.3, -0.25) is 4.79 Å². The van der Waals surface area contributed by atoms with Gasteiger partial charge in [0.05, 0.1) is 28.8 Å². The lowest BCUT2D eigenvalue weighted by atomic mass is 9.88. The molecular formula is C18H21N5O. The number of para-hydroxylation sites is 1. The van der Waals surface area contributed by atoms with Gasteiger partial charge in [0.1, 0.15) is 5.82 Å². The molecule has 0 saturated heterocycles. The summed E-state index contributed by atoms with van der Waals surface area (Å²) in [5.41, 5.74) is 9.20. The molecular weight excluding hydrogens is 302 g/mol. The average molecular weight is 323 g/mol. The largest absolute Gasteiger partial charge is 0.367 e. The van der Waals surface area contributed by atoms with Crippen molar-refractivity contribution in [2.24, 2.45) is 5.73 Å². The lowest BCUT2D eigenvalue weighted by Gasteiger charge is -2.33. The number of benzene rings is 1. The quantitative estimate of drug-likeness (QED) is 0.887. The number of amides is 1. The van der Waals surface area contributed by atoms with Crippen LogP contribution in [0.5, 0.6) is 0 Å². The van der Waals surface area contributed by atoms with Gasteiger partial charge in [-0.1, -0.05) is 12.1 Å². The monoisotopic (exact) mass is 323 g/mol. The van der Waals surface area contributed by atoms with E-state index < -0.39 is 0 Å². The van der Waals surface area contributed by atoms with Crippen molar-refractivity contribution in [1.29, 1.82) is 0 Å². The molecule has 0 unspecified atom stereocenters. The van der Waals surface area contributed by atoms with Crippen LogP contribution in [0.25, 0.3) is 0 Å². The van der Waals surface area contributed by atoms with Crippen LogP contribution in [-0.4, -0.2) is 37.1 Å². The third-order valence-electron chi connectivity index (χ3n) is 4.91. The Balaban J connectivity index is 1.74. The number of carbonyl (C=O) groups is 1. The molecule has 2 aliphatic rings. The zero-order valence-corrected chi connectivity index (χ0v) is 13.9. The van der Waals surface area contributed by atoms with E-state index in [1.165, 1.54) is 0 Å². The Bertz CT molecular complexity index is 800. The topological polar surface area (TPSA) is 74.5 Å². The van der Waals surface area contributed by atoms with Crippen molar-refractivity contribution in [2.45, 2.75) is 24.9 Å². The highest BCUT2D eigenvalue weighted by atomic mass is 16.2. The highest BCUT2D eigenvalue weighted by Crippen LogP contribution is 2.39. The van der Waals surface area contributed by atoms with E-state index in [2.05, 4.69) is 10.3 Å². The Morgan fingerprint density at radius 2 is 1.88 bits per heavy atom. The second-order valence-electron chi connectivity index (χ2n) is 6.57. The summed E-state index contributed by atoms with van der Waals surface area (Å²) in [5, 5.41) is 3.43. The predicted octanol–water partition coefficient (Wildman–Crippen LogP) is 2.34. The minimum Gasteiger partial charge on any atom is -0.367 e. The first-order valence-electron chi connectivity index (χ1n) is 8.17. The number of anilines is 4. The van der Waals surface area contributed by atoms with E-state index >= 15 is 0 Å². The molecule has 1 saturated carbocycles. The van der Waals surface area contributed by atoms with E-state index in [0.717, 1.165) is 35.7 Å². The molecule has 1 fully saturated rings. The summed E-state index contributed by atoms with van der Waals surface area (Å²) in [7, 11) is 3.77. The number of hydrogen-bond acceptors (Lipinski definition) is 5. The van der Waals surface area contributed by atoms with Gasteiger partial charge in [-0.05, 0) is 25.0 Å². The smallest absolute Gasteiger partial charge is 0.260 e. The summed E-state index contributed by atoms with van der Waals surface area (Å²) >= 11 is 0. The van der Waals surface area contributed by atoms with Crippen molar-refractivity contribution in [3.8, 4) is 0 Å². The second kappa shape index (κ2) is 5.49. The lowest BCUT2D eigenvalue weighted by Crippen LogP contribution is -2.44. The van der Waals surface area contributed by atoms with Gasteiger partial charge < -0.3 is 20.9 Å². The van der Waals surface area contributed by atoms with Crippen molar-refractivity contribution in [3.05, 3.63) is 42.1 Å². The van der Waals surface area contributed by atoms with Gasteiger partial charge in [0.15, 0.2) is 0 Å². The Labute approximate surface area is 141 Å². The molecule has 1 aromatic carbocycles. The molecule has 1 aromatic heterocycles. The normalized spacial score (nSPS) is 22.4. The number of carbonyl (C=O) groups excluding carboxylic acids is 1. The van der Waals surface area contributed by atoms with Gasteiger partial charge in [0, 0.05) is 32.2 Å². The van der Waals surface area contributed by atoms with Crippen molar-refractivity contribution >= 4 is 28.8 Å². The fraction of sp³-hybridized carbons (Fsp3) is 0.333. The van der Waals surface area contributed by atoms with Gasteiger partial charge in [-0.2, -0.15) is 0 Å². The molecule has 6 nitrogen and oxygen atoms in total. The first kappa shape index (κ1) is 15.0. The molecule has 1 aliphatic carbocycles. The minimum atomic E-state index is -0.0244. The molecule has 4 rings (SSSR count). The molecule has 3 N–H and O–H groups in total. The van der Waals surface area contributed by atoms with Crippen molar-refractivity contribution < 1.29 is 4.79 Å². The molecule has 0 atom stereocenters. The van der Waals surface area contributed by atoms with Crippen LogP contribution in [-0.2, 0) is 0 Å². The van der Waals surface area contributed by atoms with Gasteiger partial charge in [-0.15, -0.1) is 0 Å². The summed E-state index contributed by atoms with van der Waals surface area (Å²) in [6.07, 6.45) is 3.70. The van der Waals surface area contributed by atoms with Gasteiger partial charge >= 0.3 is 0 Å². The number of nitrogens with two attached hydrogens (primary N) is 1. The number of nitrogens with zero attached hydrogens (tertiary/aromatic N) is 3. The number of fused-ring (bicyclic) bond motifs is 2. The highest BCUT2D eigenvalue weighted by Gasteiger charge is 2.29. The molecule has 2 aromatic rings. The molecule has 0 bridgehead atoms. The molecule has 1 amide bonds. The van der Waals surface area contributed by atoms with Crippen LogP contribution in [0.4, 0.5) is 22.9 Å². The third-order valence-corrected chi connectivity index (χ3v) is 4.91. The number of nitrogens with one attached hydrogen (secondary N) is 1. The zero-order chi connectivity index (χ0) is 16.8. The predicted molar refractivity (Wildman–Crippen MR) is 96.1 cm³/mol. The van der Waals surface area contributed by atoms with Crippen LogP contribution >= 0.6 is 0 Å². The first-order chi connectivity index (χ1) is 11.5. The van der Waals surface area contributed by atoms with Crippen molar-refractivity contribution in [3.63, 3.8) is 0 Å². The standard InChI is InChI=1S/C18H21N5O/c1-22-14-6-4-3-5-13(14)18(24)23(2)16-10-20-17(9-15(16)22)21-12-7-11(19)8-12/h3-6,9-12H,7-8,19H2,1-2H3,(H,20,21)/t11-,12-. The molecule has 0 spiro atoms. The average Bonchev–Trinajstić information content (AvgIpc) is 2.65. The number of rotatable bonds is 2. The number of pyridine rings is 1. The van der Waals surface area contributed by atoms with Crippen LogP contribution in [0.15, 0.2) is 36.5 Å². The SMILES string of the molecule is CN1C(=O)c2ccccc2N(C)c2cc(N[C@H]3C[C@H](N)C3)ncc21. The maximum Gasteiger partial charge on any atom is 0.260 e. The van der Waals surface area contributed by atoms with Crippen LogP contribution in [0, 0.1) is 0 Å². The maximum absolute atomic E-state index is 12.7. The highest BCUT2D eigenvalue weighted by molar-refractivity contribution is 6.13. The molecule has 1 aliphatic heterocycles. The molecule has 2 heterocycles. The van der Waals surface area contributed by atoms with E-state index in [1.54, 1.807) is 18.1 Å². The van der Waals surface area contributed by atoms with E-state index in [-0.39, 0.29) is 5.91 Å².